The van der Waals surface area contributed by atoms with Crippen LogP contribution >= 0.6 is 24.0 Å². The summed E-state index contributed by atoms with van der Waals surface area (Å²) in [7, 11) is 0. The van der Waals surface area contributed by atoms with Gasteiger partial charge in [-0.15, -0.1) is 24.0 Å². The predicted octanol–water partition coefficient (Wildman–Crippen LogP) is 1.81. The van der Waals surface area contributed by atoms with Crippen molar-refractivity contribution < 1.29 is 9.59 Å². The molecule has 8 heteroatoms. The molecule has 0 aromatic carbocycles. The molecule has 0 radical (unpaired) electrons. The monoisotopic (exact) mass is 493 g/mol. The number of halogens is 1. The van der Waals surface area contributed by atoms with Crippen LogP contribution in [0.1, 0.15) is 52.4 Å². The molecule has 2 amide bonds. The first-order chi connectivity index (χ1) is 12.5. The molecule has 2 heterocycles. The molecule has 0 bridgehead atoms. The van der Waals surface area contributed by atoms with Crippen LogP contribution in [0.2, 0.25) is 0 Å². The third-order valence-corrected chi connectivity index (χ3v) is 5.24. The SMILES string of the molecule is CCNC(=NCCC(=O)N1CCCC(C)C1)N1CCCC(CC(N)=O)C1.I. The zero-order chi connectivity index (χ0) is 18.9. The Bertz CT molecular complexity index is 514. The normalized spacial score (nSPS) is 23.6. The lowest BCUT2D eigenvalue weighted by atomic mass is 9.95. The Hall–Kier alpha value is -1.06. The lowest BCUT2D eigenvalue weighted by Gasteiger charge is -2.34. The van der Waals surface area contributed by atoms with Crippen LogP contribution in [-0.2, 0) is 9.59 Å². The number of nitrogens with one attached hydrogen (secondary N) is 1. The number of piperidine rings is 2. The van der Waals surface area contributed by atoms with Gasteiger partial charge in [0.25, 0.3) is 0 Å². The average Bonchev–Trinajstić information content (AvgIpc) is 2.60. The van der Waals surface area contributed by atoms with Crippen molar-refractivity contribution in [3.63, 3.8) is 0 Å². The number of rotatable bonds is 6. The fourth-order valence-corrected chi connectivity index (χ4v) is 3.97. The Balaban J connectivity index is 0.00000364. The van der Waals surface area contributed by atoms with E-state index in [-0.39, 0.29) is 35.8 Å². The number of likely N-dealkylation sites (tertiary alicyclic amines) is 2. The number of amides is 2. The quantitative estimate of drug-likeness (QED) is 0.336. The average molecular weight is 493 g/mol. The van der Waals surface area contributed by atoms with E-state index >= 15 is 0 Å². The summed E-state index contributed by atoms with van der Waals surface area (Å²) in [5, 5.41) is 3.32. The Morgan fingerprint density at radius 3 is 2.52 bits per heavy atom. The third kappa shape index (κ3) is 8.23. The van der Waals surface area contributed by atoms with Crippen LogP contribution in [-0.4, -0.2) is 66.8 Å². The molecular weight excluding hydrogens is 457 g/mol. The van der Waals surface area contributed by atoms with Crippen LogP contribution in [0.15, 0.2) is 4.99 Å². The summed E-state index contributed by atoms with van der Waals surface area (Å²) in [5.74, 6) is 1.72. The van der Waals surface area contributed by atoms with Gasteiger partial charge < -0.3 is 20.9 Å². The summed E-state index contributed by atoms with van der Waals surface area (Å²) in [4.78, 5) is 32.5. The first-order valence-electron chi connectivity index (χ1n) is 10.1. The Morgan fingerprint density at radius 1 is 1.15 bits per heavy atom. The van der Waals surface area contributed by atoms with Gasteiger partial charge in [0.2, 0.25) is 11.8 Å². The van der Waals surface area contributed by atoms with E-state index in [0.717, 1.165) is 57.9 Å². The van der Waals surface area contributed by atoms with Crippen LogP contribution in [0, 0.1) is 11.8 Å². The minimum absolute atomic E-state index is 0. The number of aliphatic imine (C=N–C) groups is 1. The molecule has 2 unspecified atom stereocenters. The minimum atomic E-state index is -0.236. The van der Waals surface area contributed by atoms with E-state index < -0.39 is 0 Å². The van der Waals surface area contributed by atoms with E-state index in [9.17, 15) is 9.59 Å². The molecular formula is C19H36IN5O2. The molecule has 156 valence electrons. The van der Waals surface area contributed by atoms with Crippen LogP contribution in [0.25, 0.3) is 0 Å². The second-order valence-electron chi connectivity index (χ2n) is 7.70. The molecule has 0 aromatic heterocycles. The fourth-order valence-electron chi connectivity index (χ4n) is 3.97. The van der Waals surface area contributed by atoms with E-state index in [0.29, 0.717) is 31.2 Å². The Kier molecular flexibility index (Phi) is 11.0. The standard InChI is InChI=1S/C19H35N5O2.HI/c1-3-21-19(24-11-5-7-16(14-24)12-17(20)25)22-9-8-18(26)23-10-4-6-15(2)13-23;/h15-16H,3-14H2,1-2H3,(H2,20,25)(H,21,22);1H. The van der Waals surface area contributed by atoms with Crippen LogP contribution < -0.4 is 11.1 Å². The lowest BCUT2D eigenvalue weighted by Crippen LogP contribution is -2.47. The highest BCUT2D eigenvalue weighted by atomic mass is 127. The van der Waals surface area contributed by atoms with E-state index in [1.807, 2.05) is 11.8 Å². The van der Waals surface area contributed by atoms with Crippen molar-refractivity contribution in [2.45, 2.75) is 52.4 Å². The van der Waals surface area contributed by atoms with Crippen molar-refractivity contribution in [2.24, 2.45) is 22.6 Å². The van der Waals surface area contributed by atoms with E-state index in [1.165, 1.54) is 6.42 Å². The highest BCUT2D eigenvalue weighted by Crippen LogP contribution is 2.19. The van der Waals surface area contributed by atoms with Crippen LogP contribution in [0.5, 0.6) is 0 Å². The number of nitrogens with two attached hydrogens (primary N) is 1. The Morgan fingerprint density at radius 2 is 1.85 bits per heavy atom. The summed E-state index contributed by atoms with van der Waals surface area (Å²) >= 11 is 0. The maximum atomic E-state index is 12.4. The predicted molar refractivity (Wildman–Crippen MR) is 119 cm³/mol. The van der Waals surface area contributed by atoms with Gasteiger partial charge in [0.15, 0.2) is 5.96 Å². The van der Waals surface area contributed by atoms with Gasteiger partial charge in [-0.1, -0.05) is 6.92 Å². The number of carbonyl (C=O) groups is 2. The van der Waals surface area contributed by atoms with Crippen LogP contribution in [0.4, 0.5) is 0 Å². The molecule has 3 N–H and O–H groups in total. The smallest absolute Gasteiger partial charge is 0.224 e. The van der Waals surface area contributed by atoms with Gasteiger partial charge in [0, 0.05) is 45.6 Å². The van der Waals surface area contributed by atoms with Gasteiger partial charge >= 0.3 is 0 Å². The van der Waals surface area contributed by atoms with E-state index in [1.54, 1.807) is 0 Å². The number of carbonyl (C=O) groups excluding carboxylic acids is 2. The van der Waals surface area contributed by atoms with Gasteiger partial charge in [-0.25, -0.2) is 0 Å². The maximum Gasteiger partial charge on any atom is 0.224 e. The largest absolute Gasteiger partial charge is 0.370 e. The zero-order valence-electron chi connectivity index (χ0n) is 16.8. The molecule has 2 rings (SSSR count). The van der Waals surface area contributed by atoms with Crippen molar-refractivity contribution >= 4 is 41.8 Å². The van der Waals surface area contributed by atoms with Crippen molar-refractivity contribution in [1.29, 1.82) is 0 Å². The molecule has 27 heavy (non-hydrogen) atoms. The van der Waals surface area contributed by atoms with Gasteiger partial charge in [-0.2, -0.15) is 0 Å². The Labute approximate surface area is 180 Å². The second kappa shape index (κ2) is 12.4. The summed E-state index contributed by atoms with van der Waals surface area (Å²) in [6.45, 7) is 9.03. The molecule has 0 aliphatic carbocycles. The van der Waals surface area contributed by atoms with E-state index in [4.69, 9.17) is 5.73 Å². The van der Waals surface area contributed by atoms with Crippen molar-refractivity contribution in [2.75, 3.05) is 39.3 Å². The van der Waals surface area contributed by atoms with Gasteiger partial charge in [-0.3, -0.25) is 14.6 Å². The third-order valence-electron chi connectivity index (χ3n) is 5.24. The molecule has 0 aromatic rings. The van der Waals surface area contributed by atoms with Crippen molar-refractivity contribution in [1.82, 2.24) is 15.1 Å². The number of hydrogen-bond donors (Lipinski definition) is 2. The summed E-state index contributed by atoms with van der Waals surface area (Å²) < 4.78 is 0. The molecule has 2 aliphatic rings. The fraction of sp³-hybridized carbons (Fsp3) is 0.842. The lowest BCUT2D eigenvalue weighted by molar-refractivity contribution is -0.132. The molecule has 0 saturated carbocycles. The van der Waals surface area contributed by atoms with Gasteiger partial charge in [0.1, 0.15) is 0 Å². The zero-order valence-corrected chi connectivity index (χ0v) is 19.1. The number of guanidine groups is 1. The van der Waals surface area contributed by atoms with E-state index in [2.05, 4.69) is 22.1 Å². The van der Waals surface area contributed by atoms with Crippen LogP contribution in [0.3, 0.4) is 0 Å². The molecule has 0 spiro atoms. The molecule has 2 aliphatic heterocycles. The van der Waals surface area contributed by atoms with Gasteiger partial charge in [-0.05, 0) is 44.4 Å². The first-order valence-corrected chi connectivity index (χ1v) is 10.1. The molecule has 2 saturated heterocycles. The van der Waals surface area contributed by atoms with Gasteiger partial charge in [0.05, 0.1) is 6.54 Å². The molecule has 2 atom stereocenters. The maximum absolute atomic E-state index is 12.4. The summed E-state index contributed by atoms with van der Waals surface area (Å²) in [6.07, 6.45) is 5.28. The highest BCUT2D eigenvalue weighted by molar-refractivity contribution is 14.0. The second-order valence-corrected chi connectivity index (χ2v) is 7.70. The minimum Gasteiger partial charge on any atom is -0.370 e. The van der Waals surface area contributed by atoms with Crippen molar-refractivity contribution in [3.8, 4) is 0 Å². The number of nitrogens with zero attached hydrogens (tertiary/aromatic N) is 3. The number of hydrogen-bond acceptors (Lipinski definition) is 3. The highest BCUT2D eigenvalue weighted by Gasteiger charge is 2.24. The number of primary amides is 1. The summed E-state index contributed by atoms with van der Waals surface area (Å²) in [5.41, 5.74) is 5.35. The topological polar surface area (TPSA) is 91.0 Å². The van der Waals surface area contributed by atoms with Crippen molar-refractivity contribution in [3.05, 3.63) is 0 Å². The molecule has 7 nitrogen and oxygen atoms in total. The molecule has 2 fully saturated rings. The first kappa shape index (κ1) is 24.0. The summed E-state index contributed by atoms with van der Waals surface area (Å²) in [6, 6.07) is 0.